The first-order valence-electron chi connectivity index (χ1n) is 12.8. The van der Waals surface area contributed by atoms with Gasteiger partial charge in [-0.25, -0.2) is 19.2 Å². The van der Waals surface area contributed by atoms with Gasteiger partial charge in [-0.2, -0.15) is 0 Å². The minimum Gasteiger partial charge on any atom is -0.378 e. The van der Waals surface area contributed by atoms with Gasteiger partial charge in [0.25, 0.3) is 0 Å². The lowest BCUT2D eigenvalue weighted by molar-refractivity contribution is -0.0291. The van der Waals surface area contributed by atoms with E-state index < -0.39 is 5.82 Å². The van der Waals surface area contributed by atoms with Crippen molar-refractivity contribution in [3.63, 3.8) is 0 Å². The molecule has 3 atom stereocenters. The van der Waals surface area contributed by atoms with Crippen molar-refractivity contribution in [1.29, 1.82) is 0 Å². The molecular weight excluding hydrogens is 463 g/mol. The normalized spacial score (nSPS) is 25.9. The number of halogens is 1. The quantitative estimate of drug-likeness (QED) is 0.571. The van der Waals surface area contributed by atoms with E-state index in [1.165, 1.54) is 17.3 Å². The van der Waals surface area contributed by atoms with E-state index in [0.717, 1.165) is 36.9 Å². The van der Waals surface area contributed by atoms with Gasteiger partial charge in [-0.1, -0.05) is 0 Å². The number of ether oxygens (including phenoxy) is 2. The summed E-state index contributed by atoms with van der Waals surface area (Å²) in [5.41, 5.74) is 5.67. The van der Waals surface area contributed by atoms with Crippen molar-refractivity contribution < 1.29 is 18.7 Å². The topological polar surface area (TPSA) is 95.6 Å². The van der Waals surface area contributed by atoms with Crippen molar-refractivity contribution in [2.75, 3.05) is 39.4 Å². The highest BCUT2D eigenvalue weighted by atomic mass is 19.1. The molecule has 36 heavy (non-hydrogen) atoms. The standard InChI is InChI=1S/C26H29FN6O3/c27-21-9-29-25-24(21)31-22(10-30-25)16-7-15-3-5-32(26(34)33-11-17-1-2-18(12-33)36-17)13-20(15)19(8-16)23-14-35-6-4-28-23/h7-10,17-18,23,28H,1-6,11-14H2,(H,29,30)/t17?,18?,23-/m0/s1. The van der Waals surface area contributed by atoms with Crippen LogP contribution in [0.3, 0.4) is 0 Å². The SMILES string of the molecule is O=C(N1CCc2cc(-c3cnc4[nH]cc(F)c4n3)cc([C@@H]3COCCN3)c2C1)N1CC2CCC(C1)O2. The van der Waals surface area contributed by atoms with Gasteiger partial charge in [0.05, 0.1) is 43.4 Å². The predicted molar refractivity (Wildman–Crippen MR) is 130 cm³/mol. The van der Waals surface area contributed by atoms with Crippen LogP contribution >= 0.6 is 0 Å². The van der Waals surface area contributed by atoms with E-state index in [-0.39, 0.29) is 29.8 Å². The molecule has 4 aliphatic rings. The summed E-state index contributed by atoms with van der Waals surface area (Å²) in [4.78, 5) is 29.2. The van der Waals surface area contributed by atoms with Crippen molar-refractivity contribution in [2.45, 2.75) is 44.1 Å². The molecule has 9 nitrogen and oxygen atoms in total. The molecule has 0 aliphatic carbocycles. The molecule has 2 bridgehead atoms. The molecular formula is C26H29FN6O3. The summed E-state index contributed by atoms with van der Waals surface area (Å²) in [6.45, 7) is 4.59. The molecule has 2 N–H and O–H groups in total. The fourth-order valence-corrected chi connectivity index (χ4v) is 6.06. The summed E-state index contributed by atoms with van der Waals surface area (Å²) in [6.07, 6.45) is 6.14. The van der Waals surface area contributed by atoms with Crippen LogP contribution in [-0.4, -0.2) is 82.4 Å². The number of nitrogens with one attached hydrogen (secondary N) is 2. The first kappa shape index (κ1) is 22.1. The monoisotopic (exact) mass is 492 g/mol. The largest absolute Gasteiger partial charge is 0.378 e. The number of hydrogen-bond donors (Lipinski definition) is 2. The lowest BCUT2D eigenvalue weighted by Crippen LogP contribution is -2.52. The molecule has 2 amide bonds. The highest BCUT2D eigenvalue weighted by Gasteiger charge is 2.38. The number of carbonyl (C=O) groups excluding carboxylic acids is 1. The Kier molecular flexibility index (Phi) is 5.41. The smallest absolute Gasteiger partial charge is 0.320 e. The van der Waals surface area contributed by atoms with Crippen LogP contribution < -0.4 is 5.32 Å². The van der Waals surface area contributed by atoms with Crippen LogP contribution in [0.5, 0.6) is 0 Å². The predicted octanol–water partition coefficient (Wildman–Crippen LogP) is 2.77. The van der Waals surface area contributed by atoms with Crippen LogP contribution in [-0.2, 0) is 22.4 Å². The van der Waals surface area contributed by atoms with Crippen LogP contribution in [0.4, 0.5) is 9.18 Å². The number of hydrogen-bond acceptors (Lipinski definition) is 6. The summed E-state index contributed by atoms with van der Waals surface area (Å²) in [5, 5.41) is 3.57. The number of fused-ring (bicyclic) bond motifs is 4. The Balaban J connectivity index is 1.23. The molecule has 4 aliphatic heterocycles. The highest BCUT2D eigenvalue weighted by Crippen LogP contribution is 2.34. The second kappa shape index (κ2) is 8.79. The Morgan fingerprint density at radius 1 is 1.17 bits per heavy atom. The van der Waals surface area contributed by atoms with Gasteiger partial charge in [0, 0.05) is 44.5 Å². The van der Waals surface area contributed by atoms with Crippen LogP contribution in [0.25, 0.3) is 22.4 Å². The van der Waals surface area contributed by atoms with Crippen molar-refractivity contribution in [2.24, 2.45) is 0 Å². The zero-order valence-electron chi connectivity index (χ0n) is 20.0. The first-order chi connectivity index (χ1) is 17.6. The Morgan fingerprint density at radius 3 is 2.83 bits per heavy atom. The molecule has 3 fully saturated rings. The van der Waals surface area contributed by atoms with Crippen LogP contribution in [0.1, 0.15) is 35.6 Å². The van der Waals surface area contributed by atoms with Gasteiger partial charge in [-0.15, -0.1) is 0 Å². The zero-order chi connectivity index (χ0) is 24.2. The molecule has 6 heterocycles. The number of aromatic amines is 1. The Morgan fingerprint density at radius 2 is 2.03 bits per heavy atom. The third kappa shape index (κ3) is 3.84. The summed E-state index contributed by atoms with van der Waals surface area (Å²) in [6, 6.07) is 4.35. The number of aromatic nitrogens is 3. The van der Waals surface area contributed by atoms with Crippen molar-refractivity contribution in [1.82, 2.24) is 30.1 Å². The Hall–Kier alpha value is -3.08. The lowest BCUT2D eigenvalue weighted by atomic mass is 9.88. The van der Waals surface area contributed by atoms with E-state index in [1.807, 2.05) is 9.80 Å². The molecule has 2 unspecified atom stereocenters. The first-order valence-corrected chi connectivity index (χ1v) is 12.8. The van der Waals surface area contributed by atoms with Gasteiger partial charge in [0.2, 0.25) is 0 Å². The number of benzene rings is 1. The zero-order valence-corrected chi connectivity index (χ0v) is 20.0. The van der Waals surface area contributed by atoms with E-state index >= 15 is 0 Å². The number of morpholine rings is 2. The second-order valence-corrected chi connectivity index (χ2v) is 10.2. The minimum absolute atomic E-state index is 0.0161. The Bertz CT molecular complexity index is 1310. The second-order valence-electron chi connectivity index (χ2n) is 10.2. The number of nitrogens with zero attached hydrogens (tertiary/aromatic N) is 4. The van der Waals surface area contributed by atoms with Gasteiger partial charge < -0.3 is 29.6 Å². The third-order valence-electron chi connectivity index (χ3n) is 7.89. The summed E-state index contributed by atoms with van der Waals surface area (Å²) < 4.78 is 25.9. The average Bonchev–Trinajstić information content (AvgIpc) is 3.47. The number of H-pyrrole nitrogens is 1. The van der Waals surface area contributed by atoms with Crippen molar-refractivity contribution in [3.05, 3.63) is 47.0 Å². The molecule has 0 spiro atoms. The van der Waals surface area contributed by atoms with E-state index in [4.69, 9.17) is 9.47 Å². The molecule has 188 valence electrons. The summed E-state index contributed by atoms with van der Waals surface area (Å²) >= 11 is 0. The van der Waals surface area contributed by atoms with Crippen LogP contribution in [0, 0.1) is 5.82 Å². The highest BCUT2D eigenvalue weighted by molar-refractivity contribution is 5.77. The summed E-state index contributed by atoms with van der Waals surface area (Å²) in [7, 11) is 0. The minimum atomic E-state index is -0.411. The van der Waals surface area contributed by atoms with E-state index in [9.17, 15) is 9.18 Å². The maximum atomic E-state index is 14.2. The van der Waals surface area contributed by atoms with Crippen molar-refractivity contribution in [3.8, 4) is 11.3 Å². The average molecular weight is 493 g/mol. The van der Waals surface area contributed by atoms with Crippen molar-refractivity contribution >= 4 is 17.2 Å². The van der Waals surface area contributed by atoms with Gasteiger partial charge in [0.15, 0.2) is 11.5 Å². The fraction of sp³-hybridized carbons (Fsp3) is 0.500. The molecule has 3 saturated heterocycles. The van der Waals surface area contributed by atoms with Gasteiger partial charge >= 0.3 is 6.03 Å². The molecule has 10 heteroatoms. The van der Waals surface area contributed by atoms with E-state index in [0.29, 0.717) is 50.7 Å². The fourth-order valence-electron chi connectivity index (χ4n) is 6.06. The van der Waals surface area contributed by atoms with Gasteiger partial charge in [0.1, 0.15) is 5.52 Å². The third-order valence-corrected chi connectivity index (χ3v) is 7.89. The maximum absolute atomic E-state index is 14.2. The number of likely N-dealkylation sites (tertiary alicyclic amines) is 1. The molecule has 0 radical (unpaired) electrons. The molecule has 3 aromatic rings. The molecule has 2 aromatic heterocycles. The summed E-state index contributed by atoms with van der Waals surface area (Å²) in [5.74, 6) is -0.411. The maximum Gasteiger partial charge on any atom is 0.320 e. The van der Waals surface area contributed by atoms with Crippen LogP contribution in [0.15, 0.2) is 24.5 Å². The molecule has 7 rings (SSSR count). The number of carbonyl (C=O) groups is 1. The van der Waals surface area contributed by atoms with E-state index in [1.54, 1.807) is 6.20 Å². The van der Waals surface area contributed by atoms with Gasteiger partial charge in [-0.3, -0.25) is 0 Å². The Labute approximate surface area is 208 Å². The van der Waals surface area contributed by atoms with Crippen LogP contribution in [0.2, 0.25) is 0 Å². The lowest BCUT2D eigenvalue weighted by Gasteiger charge is -2.39. The molecule has 1 aromatic carbocycles. The van der Waals surface area contributed by atoms with E-state index in [2.05, 4.69) is 32.4 Å². The number of urea groups is 1. The molecule has 0 saturated carbocycles. The number of rotatable bonds is 2. The van der Waals surface area contributed by atoms with Gasteiger partial charge in [-0.05, 0) is 48.1 Å². The number of amides is 2.